The van der Waals surface area contributed by atoms with Crippen molar-refractivity contribution in [3.05, 3.63) is 200 Å². The summed E-state index contributed by atoms with van der Waals surface area (Å²) in [7, 11) is 0. The molecule has 2 aromatic heterocycles. The van der Waals surface area contributed by atoms with E-state index in [0.29, 0.717) is 0 Å². The molecule has 0 spiro atoms. The van der Waals surface area contributed by atoms with Gasteiger partial charge in [-0.3, -0.25) is 0 Å². The predicted molar refractivity (Wildman–Crippen MR) is 229 cm³/mol. The molecule has 0 saturated carbocycles. The highest BCUT2D eigenvalue weighted by molar-refractivity contribution is 6.11. The first-order chi connectivity index (χ1) is 27.3. The molecule has 0 amide bonds. The van der Waals surface area contributed by atoms with Crippen LogP contribution in [-0.2, 0) is 0 Å². The van der Waals surface area contributed by atoms with Gasteiger partial charge in [0.2, 0.25) is 0 Å². The van der Waals surface area contributed by atoms with Gasteiger partial charge in [-0.2, -0.15) is 0 Å². The highest BCUT2D eigenvalue weighted by Crippen LogP contribution is 2.46. The standard InChI is InChI=1S/C52H33NO2/c1-2-13-40-36(11-1)12-9-17-41(40)37-25-23-34(24-26-37)35-27-30-39(31-28-35)53(48-20-10-18-45-43-15-4-8-22-50(43)55-52(45)48)47-19-6-3-14-42(47)38-29-32-51-46(33-38)44-16-5-7-21-49(44)54-51/h1-33H. The maximum atomic E-state index is 6.66. The van der Waals surface area contributed by atoms with Gasteiger partial charge in [0, 0.05) is 32.8 Å². The van der Waals surface area contributed by atoms with Crippen LogP contribution in [0.5, 0.6) is 0 Å². The van der Waals surface area contributed by atoms with E-state index in [4.69, 9.17) is 8.83 Å². The summed E-state index contributed by atoms with van der Waals surface area (Å²) in [6, 6.07) is 71.0. The lowest BCUT2D eigenvalue weighted by Gasteiger charge is -2.28. The van der Waals surface area contributed by atoms with Gasteiger partial charge in [0.05, 0.1) is 11.4 Å². The number of furan rings is 2. The Hall–Kier alpha value is -7.36. The smallest absolute Gasteiger partial charge is 0.159 e. The number of nitrogens with zero attached hydrogens (tertiary/aromatic N) is 1. The quantitative estimate of drug-likeness (QED) is 0.173. The van der Waals surface area contributed by atoms with Crippen LogP contribution in [0.2, 0.25) is 0 Å². The van der Waals surface area contributed by atoms with Crippen LogP contribution in [0.3, 0.4) is 0 Å². The number of fused-ring (bicyclic) bond motifs is 7. The number of hydrogen-bond donors (Lipinski definition) is 0. The number of para-hydroxylation sites is 4. The third-order valence-corrected chi connectivity index (χ3v) is 10.9. The molecule has 0 aliphatic rings. The summed E-state index contributed by atoms with van der Waals surface area (Å²) in [5, 5.41) is 6.92. The maximum Gasteiger partial charge on any atom is 0.159 e. The third-order valence-electron chi connectivity index (χ3n) is 10.9. The van der Waals surface area contributed by atoms with Crippen LogP contribution in [0.1, 0.15) is 0 Å². The minimum atomic E-state index is 0.850. The normalized spacial score (nSPS) is 11.6. The second-order valence-corrected chi connectivity index (χ2v) is 14.1. The number of hydrogen-bond acceptors (Lipinski definition) is 3. The monoisotopic (exact) mass is 703 g/mol. The van der Waals surface area contributed by atoms with E-state index in [0.717, 1.165) is 77.6 Å². The summed E-state index contributed by atoms with van der Waals surface area (Å²) >= 11 is 0. The summed E-state index contributed by atoms with van der Waals surface area (Å²) in [5.41, 5.74) is 13.6. The Morgan fingerprint density at radius 1 is 0.309 bits per heavy atom. The average Bonchev–Trinajstić information content (AvgIpc) is 3.83. The van der Waals surface area contributed by atoms with Gasteiger partial charge in [0.15, 0.2) is 5.58 Å². The molecular weight excluding hydrogens is 671 g/mol. The van der Waals surface area contributed by atoms with Crippen LogP contribution >= 0.6 is 0 Å². The van der Waals surface area contributed by atoms with Gasteiger partial charge in [-0.1, -0.05) is 152 Å². The Labute approximate surface area is 317 Å². The van der Waals surface area contributed by atoms with Crippen molar-refractivity contribution in [3.63, 3.8) is 0 Å². The van der Waals surface area contributed by atoms with Crippen molar-refractivity contribution in [2.75, 3.05) is 4.90 Å². The van der Waals surface area contributed by atoms with E-state index >= 15 is 0 Å². The van der Waals surface area contributed by atoms with E-state index in [1.807, 2.05) is 24.3 Å². The van der Waals surface area contributed by atoms with E-state index in [1.54, 1.807) is 0 Å². The van der Waals surface area contributed by atoms with Crippen molar-refractivity contribution in [2.24, 2.45) is 0 Å². The van der Waals surface area contributed by atoms with Crippen LogP contribution in [0.25, 0.3) is 88.0 Å². The van der Waals surface area contributed by atoms with Gasteiger partial charge in [0.1, 0.15) is 16.7 Å². The zero-order chi connectivity index (χ0) is 36.3. The molecule has 0 aliphatic carbocycles. The Morgan fingerprint density at radius 2 is 0.836 bits per heavy atom. The number of benzene rings is 9. The zero-order valence-electron chi connectivity index (χ0n) is 29.8. The van der Waals surface area contributed by atoms with Gasteiger partial charge in [0.25, 0.3) is 0 Å². The van der Waals surface area contributed by atoms with E-state index in [9.17, 15) is 0 Å². The first-order valence-electron chi connectivity index (χ1n) is 18.7. The second-order valence-electron chi connectivity index (χ2n) is 14.1. The molecule has 0 saturated heterocycles. The first-order valence-corrected chi connectivity index (χ1v) is 18.7. The molecule has 258 valence electrons. The van der Waals surface area contributed by atoms with Crippen LogP contribution in [-0.4, -0.2) is 0 Å². The average molecular weight is 704 g/mol. The summed E-state index contributed by atoms with van der Waals surface area (Å²) in [6.45, 7) is 0. The molecule has 3 heteroatoms. The molecular formula is C52H33NO2. The Balaban J connectivity index is 1.04. The minimum absolute atomic E-state index is 0.850. The van der Waals surface area contributed by atoms with Gasteiger partial charge < -0.3 is 13.7 Å². The van der Waals surface area contributed by atoms with Gasteiger partial charge in [-0.15, -0.1) is 0 Å². The Bertz CT molecular complexity index is 3200. The van der Waals surface area contributed by atoms with Crippen LogP contribution in [0.4, 0.5) is 17.1 Å². The lowest BCUT2D eigenvalue weighted by molar-refractivity contribution is 0.668. The van der Waals surface area contributed by atoms with Crippen molar-refractivity contribution in [3.8, 4) is 33.4 Å². The lowest BCUT2D eigenvalue weighted by atomic mass is 9.96. The van der Waals surface area contributed by atoms with Gasteiger partial charge >= 0.3 is 0 Å². The van der Waals surface area contributed by atoms with Crippen molar-refractivity contribution >= 4 is 71.7 Å². The second kappa shape index (κ2) is 12.6. The molecule has 0 fully saturated rings. The predicted octanol–water partition coefficient (Wildman–Crippen LogP) is 15.1. The van der Waals surface area contributed by atoms with Gasteiger partial charge in [-0.05, 0) is 87.1 Å². The van der Waals surface area contributed by atoms with E-state index in [1.165, 1.54) is 27.5 Å². The summed E-state index contributed by atoms with van der Waals surface area (Å²) in [6.07, 6.45) is 0. The lowest BCUT2D eigenvalue weighted by Crippen LogP contribution is -2.11. The fourth-order valence-corrected chi connectivity index (χ4v) is 8.24. The van der Waals surface area contributed by atoms with Crippen LogP contribution in [0.15, 0.2) is 209 Å². The SMILES string of the molecule is c1ccc(N(c2ccc(-c3ccc(-c4cccc5ccccc45)cc3)cc2)c2cccc3c2oc2ccccc23)c(-c2ccc3oc4ccccc4c3c2)c1. The Morgan fingerprint density at radius 3 is 1.65 bits per heavy atom. The first kappa shape index (κ1) is 31.2. The third kappa shape index (κ3) is 5.20. The van der Waals surface area contributed by atoms with Crippen LogP contribution in [0, 0.1) is 0 Å². The molecule has 3 nitrogen and oxygen atoms in total. The van der Waals surface area contributed by atoms with Crippen molar-refractivity contribution in [1.82, 2.24) is 0 Å². The molecule has 0 radical (unpaired) electrons. The fourth-order valence-electron chi connectivity index (χ4n) is 8.24. The van der Waals surface area contributed by atoms with Crippen molar-refractivity contribution in [1.29, 1.82) is 0 Å². The van der Waals surface area contributed by atoms with Crippen molar-refractivity contribution < 1.29 is 8.83 Å². The van der Waals surface area contributed by atoms with E-state index in [-0.39, 0.29) is 0 Å². The molecule has 0 atom stereocenters. The summed E-state index contributed by atoms with van der Waals surface area (Å²) in [5.74, 6) is 0. The fraction of sp³-hybridized carbons (Fsp3) is 0. The topological polar surface area (TPSA) is 29.5 Å². The molecule has 0 bridgehead atoms. The van der Waals surface area contributed by atoms with E-state index < -0.39 is 0 Å². The highest BCUT2D eigenvalue weighted by Gasteiger charge is 2.22. The van der Waals surface area contributed by atoms with Crippen LogP contribution < -0.4 is 4.90 Å². The maximum absolute atomic E-state index is 6.66. The molecule has 0 N–H and O–H groups in total. The molecule has 0 unspecified atom stereocenters. The molecule has 11 aromatic rings. The summed E-state index contributed by atoms with van der Waals surface area (Å²) < 4.78 is 12.9. The van der Waals surface area contributed by atoms with E-state index in [2.05, 4.69) is 181 Å². The number of anilines is 3. The largest absolute Gasteiger partial charge is 0.456 e. The minimum Gasteiger partial charge on any atom is -0.456 e. The molecule has 55 heavy (non-hydrogen) atoms. The highest BCUT2D eigenvalue weighted by atomic mass is 16.3. The van der Waals surface area contributed by atoms with Gasteiger partial charge in [-0.25, -0.2) is 0 Å². The zero-order valence-corrected chi connectivity index (χ0v) is 29.8. The van der Waals surface area contributed by atoms with Crippen molar-refractivity contribution in [2.45, 2.75) is 0 Å². The number of rotatable bonds is 6. The molecule has 9 aromatic carbocycles. The summed E-state index contributed by atoms with van der Waals surface area (Å²) in [4.78, 5) is 2.34. The molecule has 0 aliphatic heterocycles. The molecule has 2 heterocycles. The Kier molecular flexibility index (Phi) is 7.17. The molecule has 11 rings (SSSR count).